The van der Waals surface area contributed by atoms with Gasteiger partial charge in [0.25, 0.3) is 0 Å². The summed E-state index contributed by atoms with van der Waals surface area (Å²) in [5.74, 6) is -0.138. The van der Waals surface area contributed by atoms with Crippen molar-refractivity contribution >= 4 is 5.97 Å². The van der Waals surface area contributed by atoms with Crippen LogP contribution >= 0.6 is 0 Å². The monoisotopic (exact) mass is 421 g/mol. The summed E-state index contributed by atoms with van der Waals surface area (Å²) in [5.41, 5.74) is 10.7. The topological polar surface area (TPSA) is 61.5 Å². The summed E-state index contributed by atoms with van der Waals surface area (Å²) in [6.07, 6.45) is -0.0845. The van der Waals surface area contributed by atoms with Crippen LogP contribution in [0, 0.1) is 19.7 Å². The number of carbonyl (C=O) groups excluding carboxylic acids is 1. The van der Waals surface area contributed by atoms with Crippen LogP contribution in [-0.2, 0) is 16.1 Å². The summed E-state index contributed by atoms with van der Waals surface area (Å²) < 4.78 is 26.0. The van der Waals surface area contributed by atoms with Crippen molar-refractivity contribution in [1.29, 1.82) is 0 Å². The molecule has 0 aliphatic carbocycles. The third-order valence-corrected chi connectivity index (χ3v) is 5.13. The zero-order valence-electron chi connectivity index (χ0n) is 18.2. The van der Waals surface area contributed by atoms with Crippen LogP contribution in [0.1, 0.15) is 41.6 Å². The van der Waals surface area contributed by atoms with E-state index in [1.54, 1.807) is 26.0 Å². The molecule has 0 fully saturated rings. The fourth-order valence-corrected chi connectivity index (χ4v) is 3.59. The number of benzene rings is 3. The maximum absolute atomic E-state index is 14.9. The van der Waals surface area contributed by atoms with Crippen molar-refractivity contribution in [3.8, 4) is 16.9 Å². The lowest BCUT2D eigenvalue weighted by Gasteiger charge is -2.19. The number of rotatable bonds is 8. The van der Waals surface area contributed by atoms with Crippen LogP contribution in [0.15, 0.2) is 60.7 Å². The molecule has 0 heterocycles. The predicted molar refractivity (Wildman–Crippen MR) is 120 cm³/mol. The number of halogens is 1. The van der Waals surface area contributed by atoms with Gasteiger partial charge in [0, 0.05) is 17.2 Å². The summed E-state index contributed by atoms with van der Waals surface area (Å²) in [5, 5.41) is 0. The first-order chi connectivity index (χ1) is 14.9. The van der Waals surface area contributed by atoms with Gasteiger partial charge in [0.1, 0.15) is 18.2 Å². The van der Waals surface area contributed by atoms with Gasteiger partial charge < -0.3 is 15.2 Å². The minimum absolute atomic E-state index is 0.0845. The highest BCUT2D eigenvalue weighted by Crippen LogP contribution is 2.37. The van der Waals surface area contributed by atoms with Gasteiger partial charge in [0.2, 0.25) is 0 Å². The molecule has 0 spiro atoms. The molecule has 0 saturated heterocycles. The maximum Gasteiger partial charge on any atom is 0.307 e. The Kier molecular flexibility index (Phi) is 7.42. The molecule has 1 atom stereocenters. The first kappa shape index (κ1) is 22.5. The third-order valence-electron chi connectivity index (χ3n) is 5.13. The zero-order chi connectivity index (χ0) is 22.4. The number of hydrogen-bond acceptors (Lipinski definition) is 4. The van der Waals surface area contributed by atoms with E-state index in [4.69, 9.17) is 15.2 Å². The first-order valence-corrected chi connectivity index (χ1v) is 10.4. The highest BCUT2D eigenvalue weighted by Gasteiger charge is 2.20. The molecule has 2 N–H and O–H groups in total. The predicted octanol–water partition coefficient (Wildman–Crippen LogP) is 5.64. The highest BCUT2D eigenvalue weighted by atomic mass is 19.1. The Bertz CT molecular complexity index is 1050. The molecular weight excluding hydrogens is 393 g/mol. The summed E-state index contributed by atoms with van der Waals surface area (Å²) in [7, 11) is 0. The SMILES string of the molecule is CCOC(=O)C[C@H](N)c1cc(-c2c(C)cccc2OCc2ccccc2)cc(C)c1F. The molecule has 3 aromatic carbocycles. The van der Waals surface area contributed by atoms with E-state index in [2.05, 4.69) is 0 Å². The van der Waals surface area contributed by atoms with Gasteiger partial charge in [0.15, 0.2) is 0 Å². The molecule has 0 aromatic heterocycles. The molecule has 0 radical (unpaired) electrons. The number of aryl methyl sites for hydroxylation is 2. The molecule has 3 rings (SSSR count). The molecule has 162 valence electrons. The molecule has 0 unspecified atom stereocenters. The van der Waals surface area contributed by atoms with E-state index in [9.17, 15) is 9.18 Å². The fraction of sp³-hybridized carbons (Fsp3) is 0.269. The molecule has 0 aliphatic rings. The second-order valence-electron chi connectivity index (χ2n) is 7.53. The van der Waals surface area contributed by atoms with Crippen LogP contribution in [0.4, 0.5) is 4.39 Å². The normalized spacial score (nSPS) is 11.8. The van der Waals surface area contributed by atoms with Crippen molar-refractivity contribution in [3.63, 3.8) is 0 Å². The molecule has 31 heavy (non-hydrogen) atoms. The Morgan fingerprint density at radius 2 is 1.77 bits per heavy atom. The summed E-state index contributed by atoms with van der Waals surface area (Å²) in [4.78, 5) is 11.9. The van der Waals surface area contributed by atoms with Crippen LogP contribution in [0.3, 0.4) is 0 Å². The quantitative estimate of drug-likeness (QED) is 0.478. The smallest absolute Gasteiger partial charge is 0.307 e. The lowest BCUT2D eigenvalue weighted by atomic mass is 9.92. The maximum atomic E-state index is 14.9. The van der Waals surface area contributed by atoms with Crippen molar-refractivity contribution in [1.82, 2.24) is 0 Å². The summed E-state index contributed by atoms with van der Waals surface area (Å²) >= 11 is 0. The Morgan fingerprint density at radius 3 is 2.48 bits per heavy atom. The number of nitrogens with two attached hydrogens (primary N) is 1. The van der Waals surface area contributed by atoms with Crippen LogP contribution in [0.25, 0.3) is 11.1 Å². The first-order valence-electron chi connectivity index (χ1n) is 10.4. The zero-order valence-corrected chi connectivity index (χ0v) is 18.2. The molecule has 0 aliphatic heterocycles. The lowest BCUT2D eigenvalue weighted by molar-refractivity contribution is -0.143. The standard InChI is InChI=1S/C26H28FNO3/c1-4-30-24(29)15-22(28)21-14-20(13-18(3)26(21)27)25-17(2)9-8-12-23(25)31-16-19-10-6-5-7-11-19/h5-14,22H,4,15-16,28H2,1-3H3/t22-/m0/s1. The van der Waals surface area contributed by atoms with E-state index < -0.39 is 17.8 Å². The highest BCUT2D eigenvalue weighted by molar-refractivity contribution is 5.76. The van der Waals surface area contributed by atoms with Gasteiger partial charge in [-0.15, -0.1) is 0 Å². The van der Waals surface area contributed by atoms with Gasteiger partial charge >= 0.3 is 5.97 Å². The van der Waals surface area contributed by atoms with E-state index in [-0.39, 0.29) is 13.0 Å². The third kappa shape index (κ3) is 5.50. The van der Waals surface area contributed by atoms with Gasteiger partial charge in [-0.1, -0.05) is 42.5 Å². The number of esters is 1. The fourth-order valence-electron chi connectivity index (χ4n) is 3.59. The van der Waals surface area contributed by atoms with Gasteiger partial charge in [-0.3, -0.25) is 4.79 Å². The van der Waals surface area contributed by atoms with Crippen LogP contribution < -0.4 is 10.5 Å². The van der Waals surface area contributed by atoms with Gasteiger partial charge in [-0.25, -0.2) is 4.39 Å². The number of carbonyl (C=O) groups is 1. The second-order valence-corrected chi connectivity index (χ2v) is 7.53. The van der Waals surface area contributed by atoms with E-state index in [1.165, 1.54) is 0 Å². The van der Waals surface area contributed by atoms with Crippen molar-refractivity contribution < 1.29 is 18.7 Å². The summed E-state index contributed by atoms with van der Waals surface area (Å²) in [6.45, 7) is 6.10. The van der Waals surface area contributed by atoms with E-state index in [0.29, 0.717) is 23.5 Å². The van der Waals surface area contributed by atoms with Gasteiger partial charge in [0.05, 0.1) is 13.0 Å². The van der Waals surface area contributed by atoms with Gasteiger partial charge in [-0.05, 0) is 61.2 Å². The molecule has 0 saturated carbocycles. The van der Waals surface area contributed by atoms with E-state index >= 15 is 0 Å². The lowest BCUT2D eigenvalue weighted by Crippen LogP contribution is -2.19. The Labute approximate surface area is 182 Å². The van der Waals surface area contributed by atoms with E-state index in [1.807, 2.05) is 55.5 Å². The Balaban J connectivity index is 1.97. The second kappa shape index (κ2) is 10.2. The molecule has 5 heteroatoms. The largest absolute Gasteiger partial charge is 0.488 e. The van der Waals surface area contributed by atoms with Crippen molar-refractivity contribution in [2.45, 2.75) is 39.8 Å². The van der Waals surface area contributed by atoms with Crippen LogP contribution in [0.5, 0.6) is 5.75 Å². The Morgan fingerprint density at radius 1 is 1.03 bits per heavy atom. The van der Waals surface area contributed by atoms with E-state index in [0.717, 1.165) is 22.3 Å². The summed E-state index contributed by atoms with van der Waals surface area (Å²) in [6, 6.07) is 18.4. The molecule has 4 nitrogen and oxygen atoms in total. The van der Waals surface area contributed by atoms with Crippen molar-refractivity contribution in [3.05, 3.63) is 88.7 Å². The van der Waals surface area contributed by atoms with Crippen LogP contribution in [-0.4, -0.2) is 12.6 Å². The van der Waals surface area contributed by atoms with Crippen molar-refractivity contribution in [2.24, 2.45) is 5.73 Å². The Hall–Kier alpha value is -3.18. The molecular formula is C26H28FNO3. The average molecular weight is 422 g/mol. The average Bonchev–Trinajstić information content (AvgIpc) is 2.75. The molecule has 0 bridgehead atoms. The minimum Gasteiger partial charge on any atom is -0.488 e. The molecule has 0 amide bonds. The van der Waals surface area contributed by atoms with Crippen LogP contribution in [0.2, 0.25) is 0 Å². The van der Waals surface area contributed by atoms with Gasteiger partial charge in [-0.2, -0.15) is 0 Å². The molecule has 3 aromatic rings. The number of hydrogen-bond donors (Lipinski definition) is 1. The van der Waals surface area contributed by atoms with Crippen molar-refractivity contribution in [2.75, 3.05) is 6.61 Å². The number of ether oxygens (including phenoxy) is 2. The minimum atomic E-state index is -0.796.